The lowest BCUT2D eigenvalue weighted by atomic mass is 9.99. The molecule has 0 saturated carbocycles. The second-order valence-electron chi connectivity index (χ2n) is 6.05. The molecule has 0 bridgehead atoms. The zero-order valence-corrected chi connectivity index (χ0v) is 14.2. The number of hydrogen-bond donors (Lipinski definition) is 0. The van der Waals surface area contributed by atoms with Crippen molar-refractivity contribution in [2.75, 3.05) is 4.90 Å². The van der Waals surface area contributed by atoms with Crippen molar-refractivity contribution in [2.45, 2.75) is 0 Å². The molecule has 0 fully saturated rings. The lowest BCUT2D eigenvalue weighted by molar-refractivity contribution is -0.384. The molecule has 2 aromatic carbocycles. The predicted octanol–water partition coefficient (Wildman–Crippen LogP) is 3.02. The number of anilines is 1. The summed E-state index contributed by atoms with van der Waals surface area (Å²) in [7, 11) is 0. The Balaban J connectivity index is 1.72. The zero-order valence-electron chi connectivity index (χ0n) is 14.2. The van der Waals surface area contributed by atoms with Gasteiger partial charge in [-0.05, 0) is 24.3 Å². The highest BCUT2D eigenvalue weighted by molar-refractivity contribution is 6.34. The molecule has 0 radical (unpaired) electrons. The number of nitro groups is 1. The Morgan fingerprint density at radius 1 is 0.893 bits per heavy atom. The van der Waals surface area contributed by atoms with Gasteiger partial charge in [0.25, 0.3) is 17.5 Å². The summed E-state index contributed by atoms with van der Waals surface area (Å²) < 4.78 is 0. The molecule has 2 amide bonds. The molecule has 3 aromatic rings. The number of imide groups is 1. The molecule has 0 N–H and O–H groups in total. The van der Waals surface area contributed by atoms with Gasteiger partial charge in [0, 0.05) is 35.7 Å². The molecule has 8 nitrogen and oxygen atoms in total. The summed E-state index contributed by atoms with van der Waals surface area (Å²) in [6, 6.07) is 12.6. The van der Waals surface area contributed by atoms with Gasteiger partial charge in [0.15, 0.2) is 5.78 Å². The largest absolute Gasteiger partial charge is 0.289 e. The Morgan fingerprint density at radius 2 is 1.57 bits per heavy atom. The van der Waals surface area contributed by atoms with Gasteiger partial charge >= 0.3 is 0 Å². The van der Waals surface area contributed by atoms with Gasteiger partial charge in [-0.25, -0.2) is 4.90 Å². The quantitative estimate of drug-likeness (QED) is 0.301. The number of pyridine rings is 1. The standard InChI is InChI=1S/C20H11N3O5/c24-18(12-2-1-3-15(10-12)23(27)28)13-4-5-16-17(11-13)20(26)22(19(16)25)14-6-8-21-9-7-14/h1-11H. The first-order valence-electron chi connectivity index (χ1n) is 8.19. The maximum atomic E-state index is 12.7. The number of fused-ring (bicyclic) bond motifs is 1. The number of carbonyl (C=O) groups is 3. The van der Waals surface area contributed by atoms with Gasteiger partial charge in [-0.15, -0.1) is 0 Å². The number of amides is 2. The zero-order chi connectivity index (χ0) is 19.8. The highest BCUT2D eigenvalue weighted by Gasteiger charge is 2.37. The van der Waals surface area contributed by atoms with E-state index in [2.05, 4.69) is 4.98 Å². The van der Waals surface area contributed by atoms with Crippen LogP contribution >= 0.6 is 0 Å². The topological polar surface area (TPSA) is 110 Å². The molecule has 0 aliphatic carbocycles. The summed E-state index contributed by atoms with van der Waals surface area (Å²) in [4.78, 5) is 53.3. The smallest absolute Gasteiger partial charge is 0.270 e. The fourth-order valence-corrected chi connectivity index (χ4v) is 3.04. The second kappa shape index (κ2) is 6.51. The minimum atomic E-state index is -0.589. The average Bonchev–Trinajstić information content (AvgIpc) is 2.98. The SMILES string of the molecule is O=C(c1cccc([N+](=O)[O-])c1)c1ccc2c(c1)C(=O)N(c1ccncc1)C2=O. The van der Waals surface area contributed by atoms with Crippen LogP contribution in [0.1, 0.15) is 36.6 Å². The number of carbonyl (C=O) groups excluding carboxylic acids is 3. The number of benzene rings is 2. The maximum Gasteiger partial charge on any atom is 0.270 e. The number of non-ortho nitro benzene ring substituents is 1. The Kier molecular flexibility index (Phi) is 4.00. The number of nitro benzene ring substituents is 1. The highest BCUT2D eigenvalue weighted by Crippen LogP contribution is 2.29. The van der Waals surface area contributed by atoms with Crippen molar-refractivity contribution in [2.24, 2.45) is 0 Å². The van der Waals surface area contributed by atoms with Crippen LogP contribution in [0.5, 0.6) is 0 Å². The fourth-order valence-electron chi connectivity index (χ4n) is 3.04. The monoisotopic (exact) mass is 373 g/mol. The molecule has 28 heavy (non-hydrogen) atoms. The summed E-state index contributed by atoms with van der Waals surface area (Å²) in [6.07, 6.45) is 2.94. The van der Waals surface area contributed by atoms with Crippen molar-refractivity contribution < 1.29 is 19.3 Å². The van der Waals surface area contributed by atoms with Gasteiger partial charge in [-0.2, -0.15) is 0 Å². The highest BCUT2D eigenvalue weighted by atomic mass is 16.6. The normalized spacial score (nSPS) is 12.8. The summed E-state index contributed by atoms with van der Waals surface area (Å²) in [6.45, 7) is 0. The molecule has 0 spiro atoms. The molecular weight excluding hydrogens is 362 g/mol. The van der Waals surface area contributed by atoms with Crippen LogP contribution in [0.2, 0.25) is 0 Å². The first-order chi connectivity index (χ1) is 13.5. The van der Waals surface area contributed by atoms with Crippen LogP contribution in [0.15, 0.2) is 67.0 Å². The van der Waals surface area contributed by atoms with Gasteiger partial charge < -0.3 is 0 Å². The van der Waals surface area contributed by atoms with Crippen LogP contribution in [0.3, 0.4) is 0 Å². The summed E-state index contributed by atoms with van der Waals surface area (Å²) in [5, 5.41) is 10.9. The predicted molar refractivity (Wildman–Crippen MR) is 98.3 cm³/mol. The van der Waals surface area contributed by atoms with Crippen LogP contribution in [-0.4, -0.2) is 27.5 Å². The fraction of sp³-hybridized carbons (Fsp3) is 0. The average molecular weight is 373 g/mol. The second-order valence-corrected chi connectivity index (χ2v) is 6.05. The van der Waals surface area contributed by atoms with E-state index < -0.39 is 22.5 Å². The molecule has 4 rings (SSSR count). The molecular formula is C20H11N3O5. The van der Waals surface area contributed by atoms with Crippen molar-refractivity contribution >= 4 is 29.0 Å². The first-order valence-corrected chi connectivity index (χ1v) is 8.19. The molecule has 8 heteroatoms. The van der Waals surface area contributed by atoms with Crippen LogP contribution in [-0.2, 0) is 0 Å². The van der Waals surface area contributed by atoms with E-state index in [0.717, 1.165) is 4.90 Å². The molecule has 0 atom stereocenters. The van der Waals surface area contributed by atoms with Crippen LogP contribution in [0.25, 0.3) is 0 Å². The van der Waals surface area contributed by atoms with Crippen LogP contribution in [0, 0.1) is 10.1 Å². The van der Waals surface area contributed by atoms with Crippen molar-refractivity contribution in [3.05, 3.63) is 99.4 Å². The lowest BCUT2D eigenvalue weighted by Gasteiger charge is -2.12. The van der Waals surface area contributed by atoms with Gasteiger partial charge in [0.05, 0.1) is 21.7 Å². The third kappa shape index (κ3) is 2.73. The van der Waals surface area contributed by atoms with E-state index in [9.17, 15) is 24.5 Å². The van der Waals surface area contributed by atoms with E-state index in [4.69, 9.17) is 0 Å². The van der Waals surface area contributed by atoms with Gasteiger partial charge in [-0.3, -0.25) is 29.5 Å². The minimum Gasteiger partial charge on any atom is -0.289 e. The molecule has 136 valence electrons. The van der Waals surface area contributed by atoms with Gasteiger partial charge in [0.1, 0.15) is 0 Å². The Morgan fingerprint density at radius 3 is 2.29 bits per heavy atom. The minimum absolute atomic E-state index is 0.109. The van der Waals surface area contributed by atoms with E-state index in [1.54, 1.807) is 0 Å². The number of hydrogen-bond acceptors (Lipinski definition) is 6. The third-order valence-corrected chi connectivity index (χ3v) is 4.39. The van der Waals surface area contributed by atoms with Gasteiger partial charge in [-0.1, -0.05) is 18.2 Å². The van der Waals surface area contributed by atoms with E-state index >= 15 is 0 Å². The van der Waals surface area contributed by atoms with Crippen molar-refractivity contribution in [3.8, 4) is 0 Å². The molecule has 0 unspecified atom stereocenters. The maximum absolute atomic E-state index is 12.7. The Hall–Kier alpha value is -4.20. The number of aromatic nitrogens is 1. The molecule has 1 aliphatic heterocycles. The number of nitrogens with zero attached hydrogens (tertiary/aromatic N) is 3. The van der Waals surface area contributed by atoms with Crippen molar-refractivity contribution in [1.82, 2.24) is 4.98 Å². The molecule has 1 aliphatic rings. The third-order valence-electron chi connectivity index (χ3n) is 4.39. The molecule has 1 aromatic heterocycles. The summed E-state index contributed by atoms with van der Waals surface area (Å²) in [5.74, 6) is -1.51. The van der Waals surface area contributed by atoms with Crippen LogP contribution < -0.4 is 4.90 Å². The summed E-state index contributed by atoms with van der Waals surface area (Å²) >= 11 is 0. The Bertz CT molecular complexity index is 1160. The Labute approximate surface area is 158 Å². The number of ketones is 1. The van der Waals surface area contributed by atoms with E-state index in [1.165, 1.54) is 67.0 Å². The lowest BCUT2D eigenvalue weighted by Crippen LogP contribution is -2.29. The summed E-state index contributed by atoms with van der Waals surface area (Å²) in [5.41, 5.74) is 0.763. The van der Waals surface area contributed by atoms with E-state index in [0.29, 0.717) is 5.69 Å². The number of rotatable bonds is 4. The first kappa shape index (κ1) is 17.2. The van der Waals surface area contributed by atoms with Gasteiger partial charge in [0.2, 0.25) is 0 Å². The molecule has 0 saturated heterocycles. The van der Waals surface area contributed by atoms with Crippen molar-refractivity contribution in [1.29, 1.82) is 0 Å². The van der Waals surface area contributed by atoms with E-state index in [1.807, 2.05) is 0 Å². The van der Waals surface area contributed by atoms with Crippen LogP contribution in [0.4, 0.5) is 11.4 Å². The van der Waals surface area contributed by atoms with E-state index in [-0.39, 0.29) is 27.9 Å². The van der Waals surface area contributed by atoms with Crippen molar-refractivity contribution in [3.63, 3.8) is 0 Å². The molecule has 2 heterocycles.